The molecule has 1 N–H and O–H groups in total. The van der Waals surface area contributed by atoms with Gasteiger partial charge in [0.2, 0.25) is 0 Å². The third-order valence-electron chi connectivity index (χ3n) is 7.04. The Balaban J connectivity index is 1.07. The first-order valence-corrected chi connectivity index (χ1v) is 12.2. The molecule has 5 nitrogen and oxygen atoms in total. The summed E-state index contributed by atoms with van der Waals surface area (Å²) in [7, 11) is 0. The van der Waals surface area contributed by atoms with Crippen LogP contribution in [0.3, 0.4) is 0 Å². The van der Waals surface area contributed by atoms with Crippen LogP contribution in [-0.2, 0) is 30.7 Å². The zero-order chi connectivity index (χ0) is 23.3. The first-order valence-electron chi connectivity index (χ1n) is 12.2. The molecule has 0 aliphatic carbocycles. The Kier molecular flexibility index (Phi) is 6.93. The lowest BCUT2D eigenvalue weighted by Gasteiger charge is -2.34. The van der Waals surface area contributed by atoms with Gasteiger partial charge in [-0.05, 0) is 40.8 Å². The van der Waals surface area contributed by atoms with Crippen molar-refractivity contribution in [2.75, 3.05) is 19.7 Å². The fraction of sp³-hybridized carbons (Fsp3) is 0.345. The number of carboxylic acid groups (broad SMARTS) is 1. The molecule has 2 atom stereocenters. The van der Waals surface area contributed by atoms with E-state index in [1.807, 2.05) is 18.2 Å². The lowest BCUT2D eigenvalue weighted by Crippen LogP contribution is -2.45. The minimum Gasteiger partial charge on any atom is -0.493 e. The van der Waals surface area contributed by atoms with Crippen molar-refractivity contribution in [2.45, 2.75) is 44.4 Å². The highest BCUT2D eigenvalue weighted by Gasteiger charge is 2.42. The molecule has 0 radical (unpaired) electrons. The number of fused-ring (bicyclic) bond motifs is 2. The van der Waals surface area contributed by atoms with E-state index in [1.54, 1.807) is 0 Å². The summed E-state index contributed by atoms with van der Waals surface area (Å²) in [4.78, 5) is 16.1. The number of hydrogen-bond donors (Lipinski definition) is 1. The van der Waals surface area contributed by atoms with Gasteiger partial charge < -0.3 is 9.84 Å². The average Bonchev–Trinajstić information content (AvgIpc) is 3.42. The molecule has 0 saturated carbocycles. The third-order valence-corrected chi connectivity index (χ3v) is 7.04. The molecular weight excluding hydrogens is 424 g/mol. The van der Waals surface area contributed by atoms with Gasteiger partial charge in [0, 0.05) is 44.7 Å². The zero-order valence-electron chi connectivity index (χ0n) is 19.5. The summed E-state index contributed by atoms with van der Waals surface area (Å²) in [6.07, 6.45) is 2.24. The second kappa shape index (κ2) is 10.4. The van der Waals surface area contributed by atoms with Crippen LogP contribution in [0.25, 0.3) is 0 Å². The van der Waals surface area contributed by atoms with Crippen molar-refractivity contribution in [3.8, 4) is 5.75 Å². The fourth-order valence-corrected chi connectivity index (χ4v) is 5.25. The van der Waals surface area contributed by atoms with Crippen LogP contribution < -0.4 is 4.74 Å². The molecule has 0 spiro atoms. The molecule has 2 saturated heterocycles. The summed E-state index contributed by atoms with van der Waals surface area (Å²) in [5.74, 6) is 0.151. The minimum absolute atomic E-state index is 0.0877. The predicted octanol–water partition coefficient (Wildman–Crippen LogP) is 4.39. The predicted molar refractivity (Wildman–Crippen MR) is 133 cm³/mol. The number of carboxylic acids is 1. The maximum absolute atomic E-state index is 10.9. The van der Waals surface area contributed by atoms with Gasteiger partial charge in [-0.3, -0.25) is 14.6 Å². The van der Waals surface area contributed by atoms with Crippen LogP contribution in [-0.4, -0.2) is 52.7 Å². The Morgan fingerprint density at radius 3 is 1.88 bits per heavy atom. The first kappa shape index (κ1) is 22.6. The van der Waals surface area contributed by atoms with Gasteiger partial charge in [-0.1, -0.05) is 66.7 Å². The fourth-order valence-electron chi connectivity index (χ4n) is 5.25. The van der Waals surface area contributed by atoms with Crippen LogP contribution >= 0.6 is 0 Å². The highest BCUT2D eigenvalue weighted by Crippen LogP contribution is 2.33. The van der Waals surface area contributed by atoms with Crippen LogP contribution in [0.1, 0.15) is 28.7 Å². The van der Waals surface area contributed by atoms with Crippen molar-refractivity contribution < 1.29 is 14.6 Å². The van der Waals surface area contributed by atoms with Crippen LogP contribution in [0.2, 0.25) is 0 Å². The number of benzene rings is 3. The van der Waals surface area contributed by atoms with Gasteiger partial charge in [0.05, 0.1) is 13.0 Å². The summed E-state index contributed by atoms with van der Waals surface area (Å²) < 4.78 is 5.93. The molecule has 2 heterocycles. The van der Waals surface area contributed by atoms with E-state index >= 15 is 0 Å². The molecule has 0 amide bonds. The number of nitrogens with zero attached hydrogens (tertiary/aromatic N) is 2. The molecule has 2 aliphatic rings. The Bertz CT molecular complexity index is 1080. The Morgan fingerprint density at radius 2 is 1.32 bits per heavy atom. The van der Waals surface area contributed by atoms with Gasteiger partial charge in [0.15, 0.2) is 0 Å². The zero-order valence-corrected chi connectivity index (χ0v) is 19.5. The minimum atomic E-state index is -0.782. The molecule has 176 valence electrons. The number of hydrogen-bond acceptors (Lipinski definition) is 4. The number of aliphatic carboxylic acids is 1. The molecule has 5 heteroatoms. The van der Waals surface area contributed by atoms with Crippen LogP contribution in [0.4, 0.5) is 0 Å². The summed E-state index contributed by atoms with van der Waals surface area (Å²) in [6.45, 7) is 4.83. The van der Waals surface area contributed by atoms with Gasteiger partial charge in [-0.2, -0.15) is 0 Å². The van der Waals surface area contributed by atoms with E-state index in [0.29, 0.717) is 18.7 Å². The smallest absolute Gasteiger partial charge is 0.307 e. The normalized spacial score (nSPS) is 20.0. The van der Waals surface area contributed by atoms with Gasteiger partial charge in [-0.15, -0.1) is 0 Å². The van der Waals surface area contributed by atoms with E-state index in [-0.39, 0.29) is 6.42 Å². The number of piperazine rings is 1. The summed E-state index contributed by atoms with van der Waals surface area (Å²) >= 11 is 0. The molecule has 0 unspecified atom stereocenters. The highest BCUT2D eigenvalue weighted by atomic mass is 16.5. The average molecular weight is 457 g/mol. The third kappa shape index (κ3) is 5.66. The van der Waals surface area contributed by atoms with Crippen molar-refractivity contribution in [2.24, 2.45) is 0 Å². The van der Waals surface area contributed by atoms with E-state index in [1.165, 1.54) is 23.1 Å². The first-order chi connectivity index (χ1) is 16.6. The van der Waals surface area contributed by atoms with Crippen LogP contribution in [0.5, 0.6) is 5.75 Å². The number of ether oxygens (including phenoxy) is 1. The van der Waals surface area contributed by atoms with Gasteiger partial charge >= 0.3 is 5.97 Å². The number of rotatable bonds is 10. The van der Waals surface area contributed by atoms with E-state index in [0.717, 1.165) is 43.9 Å². The second-order valence-corrected chi connectivity index (χ2v) is 9.52. The Hall–Kier alpha value is -3.15. The largest absolute Gasteiger partial charge is 0.493 e. The van der Waals surface area contributed by atoms with Crippen molar-refractivity contribution in [3.63, 3.8) is 0 Å². The molecule has 2 aliphatic heterocycles. The van der Waals surface area contributed by atoms with E-state index in [9.17, 15) is 4.79 Å². The van der Waals surface area contributed by atoms with E-state index < -0.39 is 5.97 Å². The second-order valence-electron chi connectivity index (χ2n) is 9.52. The SMILES string of the molecule is O=C(O)Cc1ccc(CN2C[C@@H]3C[C@H]2CN3Cc2ccc(OCCc3ccccc3)cc2)cc1. The van der Waals surface area contributed by atoms with Gasteiger partial charge in [-0.25, -0.2) is 0 Å². The molecule has 34 heavy (non-hydrogen) atoms. The molecule has 2 fully saturated rings. The monoisotopic (exact) mass is 456 g/mol. The van der Waals surface area contributed by atoms with E-state index in [2.05, 4.69) is 70.5 Å². The topological polar surface area (TPSA) is 53.0 Å². The highest BCUT2D eigenvalue weighted by molar-refractivity contribution is 5.70. The molecular formula is C29H32N2O3. The molecule has 3 aromatic carbocycles. The summed E-state index contributed by atoms with van der Waals surface area (Å²) in [6, 6.07) is 28.3. The number of carbonyl (C=O) groups is 1. The van der Waals surface area contributed by atoms with Crippen LogP contribution in [0, 0.1) is 0 Å². The van der Waals surface area contributed by atoms with Gasteiger partial charge in [0.25, 0.3) is 0 Å². The molecule has 5 rings (SSSR count). The lowest BCUT2D eigenvalue weighted by molar-refractivity contribution is -0.136. The van der Waals surface area contributed by atoms with E-state index in [4.69, 9.17) is 9.84 Å². The van der Waals surface area contributed by atoms with Crippen molar-refractivity contribution in [3.05, 3.63) is 101 Å². The Morgan fingerprint density at radius 1 is 0.765 bits per heavy atom. The summed E-state index contributed by atoms with van der Waals surface area (Å²) in [5.41, 5.74) is 4.75. The standard InChI is InChI=1S/C29H32N2O3/c32-29(33)16-23-6-8-24(9-7-23)18-30-20-27-17-26(30)21-31(27)19-25-10-12-28(13-11-25)34-15-14-22-4-2-1-3-5-22/h1-13,26-27H,14-21H2,(H,32,33)/t26-,27-/m0/s1. The quantitative estimate of drug-likeness (QED) is 0.490. The lowest BCUT2D eigenvalue weighted by atomic mass is 10.1. The van der Waals surface area contributed by atoms with Gasteiger partial charge in [0.1, 0.15) is 5.75 Å². The molecule has 2 bridgehead atoms. The summed E-state index contributed by atoms with van der Waals surface area (Å²) in [5, 5.41) is 8.94. The maximum Gasteiger partial charge on any atom is 0.307 e. The van der Waals surface area contributed by atoms with Crippen LogP contribution in [0.15, 0.2) is 78.9 Å². The Labute approximate surface area is 201 Å². The number of likely N-dealkylation sites (tertiary alicyclic amines) is 2. The van der Waals surface area contributed by atoms with Crippen molar-refractivity contribution in [1.82, 2.24) is 9.80 Å². The van der Waals surface area contributed by atoms with Crippen molar-refractivity contribution in [1.29, 1.82) is 0 Å². The molecule has 3 aromatic rings. The van der Waals surface area contributed by atoms with Crippen molar-refractivity contribution >= 4 is 5.97 Å². The maximum atomic E-state index is 10.9. The molecule has 0 aromatic heterocycles.